The summed E-state index contributed by atoms with van der Waals surface area (Å²) in [4.78, 5) is 4.18. The third-order valence-electron chi connectivity index (χ3n) is 2.03. The first kappa shape index (κ1) is 9.72. The maximum absolute atomic E-state index is 4.18. The Hall–Kier alpha value is -1.37. The number of allylic oxidation sites excluding steroid dienone is 1. The van der Waals surface area contributed by atoms with E-state index in [9.17, 15) is 0 Å². The Morgan fingerprint density at radius 1 is 1.31 bits per heavy atom. The third-order valence-corrected chi connectivity index (χ3v) is 2.03. The minimum absolute atomic E-state index is 1.08. The number of benzene rings is 1. The zero-order valence-electron chi connectivity index (χ0n) is 8.41. The first-order valence-corrected chi connectivity index (χ1v) is 4.45. The molecule has 1 nitrogen and oxygen atoms in total. The molecule has 0 saturated carbocycles. The zero-order valence-corrected chi connectivity index (χ0v) is 8.41. The summed E-state index contributed by atoms with van der Waals surface area (Å²) in [5, 5.41) is 0. The number of aliphatic imine (C=N–C) groups is 1. The first-order valence-electron chi connectivity index (χ1n) is 4.45. The van der Waals surface area contributed by atoms with Crippen LogP contribution in [-0.4, -0.2) is 12.8 Å². The average molecular weight is 173 g/mol. The summed E-state index contributed by atoms with van der Waals surface area (Å²) < 4.78 is 0. The van der Waals surface area contributed by atoms with Gasteiger partial charge in [0.05, 0.1) is 0 Å². The van der Waals surface area contributed by atoms with E-state index in [1.807, 2.05) is 39.1 Å². The largest absolute Gasteiger partial charge is 0.293 e. The SMILES string of the molecule is C/C=C\c1ccccc1C(C)=NC. The van der Waals surface area contributed by atoms with Crippen LogP contribution in [-0.2, 0) is 0 Å². The number of hydrogen-bond acceptors (Lipinski definition) is 1. The number of nitrogens with zero attached hydrogens (tertiary/aromatic N) is 1. The molecule has 1 aromatic rings. The van der Waals surface area contributed by atoms with Gasteiger partial charge in [0.25, 0.3) is 0 Å². The molecule has 1 aromatic carbocycles. The van der Waals surface area contributed by atoms with E-state index in [4.69, 9.17) is 0 Å². The topological polar surface area (TPSA) is 12.4 Å². The van der Waals surface area contributed by atoms with Crippen LogP contribution in [0.3, 0.4) is 0 Å². The van der Waals surface area contributed by atoms with Gasteiger partial charge in [-0.15, -0.1) is 0 Å². The van der Waals surface area contributed by atoms with Crippen LogP contribution in [0.4, 0.5) is 0 Å². The van der Waals surface area contributed by atoms with E-state index in [1.54, 1.807) is 0 Å². The van der Waals surface area contributed by atoms with E-state index in [2.05, 4.69) is 23.2 Å². The minimum atomic E-state index is 1.08. The molecule has 0 unspecified atom stereocenters. The van der Waals surface area contributed by atoms with Crippen LogP contribution in [0.15, 0.2) is 35.3 Å². The molecule has 0 aliphatic heterocycles. The number of hydrogen-bond donors (Lipinski definition) is 0. The van der Waals surface area contributed by atoms with Gasteiger partial charge in [-0.25, -0.2) is 0 Å². The second-order valence-corrected chi connectivity index (χ2v) is 2.90. The molecule has 0 bridgehead atoms. The molecule has 0 spiro atoms. The van der Waals surface area contributed by atoms with E-state index >= 15 is 0 Å². The lowest BCUT2D eigenvalue weighted by Gasteiger charge is -2.03. The van der Waals surface area contributed by atoms with Crippen LogP contribution >= 0.6 is 0 Å². The fraction of sp³-hybridized carbons (Fsp3) is 0.250. The van der Waals surface area contributed by atoms with Gasteiger partial charge >= 0.3 is 0 Å². The number of rotatable bonds is 2. The molecule has 68 valence electrons. The zero-order chi connectivity index (χ0) is 9.68. The molecular formula is C12H15N. The van der Waals surface area contributed by atoms with Gasteiger partial charge in [-0.05, 0) is 19.4 Å². The first-order chi connectivity index (χ1) is 6.29. The highest BCUT2D eigenvalue weighted by atomic mass is 14.7. The molecule has 0 aliphatic rings. The van der Waals surface area contributed by atoms with Gasteiger partial charge in [0, 0.05) is 18.3 Å². The van der Waals surface area contributed by atoms with Crippen LogP contribution in [0.5, 0.6) is 0 Å². The van der Waals surface area contributed by atoms with Crippen molar-refractivity contribution in [3.63, 3.8) is 0 Å². The molecule has 0 fully saturated rings. The van der Waals surface area contributed by atoms with Crippen molar-refractivity contribution in [2.75, 3.05) is 7.05 Å². The van der Waals surface area contributed by atoms with Gasteiger partial charge in [0.15, 0.2) is 0 Å². The van der Waals surface area contributed by atoms with Crippen molar-refractivity contribution in [1.29, 1.82) is 0 Å². The van der Waals surface area contributed by atoms with Crippen LogP contribution in [0.2, 0.25) is 0 Å². The van der Waals surface area contributed by atoms with Gasteiger partial charge in [-0.3, -0.25) is 4.99 Å². The van der Waals surface area contributed by atoms with Crippen LogP contribution in [0.1, 0.15) is 25.0 Å². The summed E-state index contributed by atoms with van der Waals surface area (Å²) in [5.41, 5.74) is 3.52. The molecule has 0 amide bonds. The smallest absolute Gasteiger partial charge is 0.0392 e. The van der Waals surface area contributed by atoms with Gasteiger partial charge in [0.1, 0.15) is 0 Å². The van der Waals surface area contributed by atoms with E-state index in [-0.39, 0.29) is 0 Å². The van der Waals surface area contributed by atoms with E-state index in [0.717, 1.165) is 5.71 Å². The summed E-state index contributed by atoms with van der Waals surface area (Å²) in [7, 11) is 1.82. The Kier molecular flexibility index (Phi) is 3.44. The molecule has 0 N–H and O–H groups in total. The molecular weight excluding hydrogens is 158 g/mol. The predicted molar refractivity (Wildman–Crippen MR) is 59.3 cm³/mol. The second-order valence-electron chi connectivity index (χ2n) is 2.90. The Bertz CT molecular complexity index is 335. The van der Waals surface area contributed by atoms with Crippen molar-refractivity contribution in [1.82, 2.24) is 0 Å². The molecule has 0 atom stereocenters. The predicted octanol–water partition coefficient (Wildman–Crippen LogP) is 3.16. The van der Waals surface area contributed by atoms with E-state index in [0.29, 0.717) is 0 Å². The average Bonchev–Trinajstić information content (AvgIpc) is 2.18. The van der Waals surface area contributed by atoms with Crippen molar-refractivity contribution in [3.05, 3.63) is 41.5 Å². The van der Waals surface area contributed by atoms with Crippen molar-refractivity contribution >= 4 is 11.8 Å². The van der Waals surface area contributed by atoms with Gasteiger partial charge in [0.2, 0.25) is 0 Å². The highest BCUT2D eigenvalue weighted by Gasteiger charge is 1.99. The van der Waals surface area contributed by atoms with Crippen molar-refractivity contribution in [2.24, 2.45) is 4.99 Å². The van der Waals surface area contributed by atoms with Gasteiger partial charge in [-0.2, -0.15) is 0 Å². The lowest BCUT2D eigenvalue weighted by atomic mass is 10.0. The van der Waals surface area contributed by atoms with Crippen LogP contribution in [0, 0.1) is 0 Å². The lowest BCUT2D eigenvalue weighted by molar-refractivity contribution is 1.40. The second kappa shape index (κ2) is 4.61. The molecule has 1 rings (SSSR count). The Morgan fingerprint density at radius 3 is 2.62 bits per heavy atom. The summed E-state index contributed by atoms with van der Waals surface area (Å²) >= 11 is 0. The van der Waals surface area contributed by atoms with Crippen LogP contribution < -0.4 is 0 Å². The summed E-state index contributed by atoms with van der Waals surface area (Å²) in [6.07, 6.45) is 4.14. The highest BCUT2D eigenvalue weighted by Crippen LogP contribution is 2.11. The fourth-order valence-electron chi connectivity index (χ4n) is 1.27. The molecule has 0 aromatic heterocycles. The third kappa shape index (κ3) is 2.28. The maximum Gasteiger partial charge on any atom is 0.0392 e. The normalized spacial score (nSPS) is 12.4. The lowest BCUT2D eigenvalue weighted by Crippen LogP contribution is -1.96. The molecule has 0 heterocycles. The molecule has 13 heavy (non-hydrogen) atoms. The molecule has 0 radical (unpaired) electrons. The maximum atomic E-state index is 4.18. The Labute approximate surface area is 79.8 Å². The summed E-state index contributed by atoms with van der Waals surface area (Å²) in [6.45, 7) is 4.05. The van der Waals surface area contributed by atoms with Crippen LogP contribution in [0.25, 0.3) is 6.08 Å². The minimum Gasteiger partial charge on any atom is -0.293 e. The molecule has 0 saturated heterocycles. The monoisotopic (exact) mass is 173 g/mol. The highest BCUT2D eigenvalue weighted by molar-refractivity contribution is 6.01. The fourth-order valence-corrected chi connectivity index (χ4v) is 1.27. The van der Waals surface area contributed by atoms with E-state index < -0.39 is 0 Å². The molecule has 1 heteroatoms. The van der Waals surface area contributed by atoms with Crippen molar-refractivity contribution < 1.29 is 0 Å². The quantitative estimate of drug-likeness (QED) is 0.609. The molecule has 0 aliphatic carbocycles. The van der Waals surface area contributed by atoms with Crippen molar-refractivity contribution in [3.8, 4) is 0 Å². The standard InChI is InChI=1S/C12H15N/c1-4-7-11-8-5-6-9-12(11)10(2)13-3/h4-9H,1-3H3/b7-4-,13-10?. The summed E-state index contributed by atoms with van der Waals surface area (Å²) in [6, 6.07) is 8.28. The Balaban J connectivity index is 3.19. The van der Waals surface area contributed by atoms with Gasteiger partial charge < -0.3 is 0 Å². The Morgan fingerprint density at radius 2 is 2.00 bits per heavy atom. The summed E-state index contributed by atoms with van der Waals surface area (Å²) in [5.74, 6) is 0. The van der Waals surface area contributed by atoms with Gasteiger partial charge in [-0.1, -0.05) is 36.4 Å². The van der Waals surface area contributed by atoms with E-state index in [1.165, 1.54) is 11.1 Å². The van der Waals surface area contributed by atoms with Crippen molar-refractivity contribution in [2.45, 2.75) is 13.8 Å².